The number of nitrogens with two attached hydrogens (primary N) is 1. The van der Waals surface area contributed by atoms with Crippen molar-refractivity contribution < 1.29 is 4.79 Å². The van der Waals surface area contributed by atoms with Gasteiger partial charge in [0, 0.05) is 11.1 Å². The fraction of sp³-hybridized carbons (Fsp3) is 0.375. The zero-order valence-corrected chi connectivity index (χ0v) is 12.7. The van der Waals surface area contributed by atoms with Crippen LogP contribution >= 0.6 is 0 Å². The zero-order valence-electron chi connectivity index (χ0n) is 12.7. The Morgan fingerprint density at radius 2 is 1.63 bits per heavy atom. The maximum absolute atomic E-state index is 11.3. The Bertz CT molecular complexity index is 548. The minimum atomic E-state index is -0.406. The van der Waals surface area contributed by atoms with Gasteiger partial charge in [0.15, 0.2) is 0 Å². The average Bonchev–Trinajstić information content (AvgIpc) is 2.43. The summed E-state index contributed by atoms with van der Waals surface area (Å²) in [6, 6.07) is 7.54. The number of hydrogen-bond donors (Lipinski definition) is 1. The van der Waals surface area contributed by atoms with Crippen LogP contribution in [0.3, 0.4) is 0 Å². The lowest BCUT2D eigenvalue weighted by molar-refractivity contribution is 0.100. The van der Waals surface area contributed by atoms with Crippen molar-refractivity contribution in [2.45, 2.75) is 41.5 Å². The lowest BCUT2D eigenvalue weighted by Gasteiger charge is -2.05. The molecule has 104 valence electrons. The Morgan fingerprint density at radius 3 is 2.16 bits per heavy atom. The molecule has 3 nitrogen and oxygen atoms in total. The Balaban J connectivity index is 0.000000741. The summed E-state index contributed by atoms with van der Waals surface area (Å²) in [5.41, 5.74) is 8.59. The third kappa shape index (κ3) is 4.36. The third-order valence-corrected chi connectivity index (χ3v) is 2.36. The number of fused-ring (bicyclic) bond motifs is 1. The van der Waals surface area contributed by atoms with Gasteiger partial charge in [0.2, 0.25) is 5.91 Å². The molecule has 0 atom stereocenters. The van der Waals surface area contributed by atoms with Gasteiger partial charge in [-0.1, -0.05) is 39.3 Å². The second-order valence-electron chi connectivity index (χ2n) is 3.70. The van der Waals surface area contributed by atoms with Crippen LogP contribution in [-0.4, -0.2) is 10.9 Å². The van der Waals surface area contributed by atoms with Gasteiger partial charge in [-0.05, 0) is 32.0 Å². The molecule has 1 amide bonds. The second kappa shape index (κ2) is 8.25. The Hall–Kier alpha value is -1.90. The zero-order chi connectivity index (χ0) is 15.0. The molecule has 0 saturated carbocycles. The molecule has 0 unspecified atom stereocenters. The van der Waals surface area contributed by atoms with Gasteiger partial charge < -0.3 is 5.73 Å². The molecule has 2 aromatic rings. The molecular weight excluding hydrogens is 236 g/mol. The number of rotatable bonds is 1. The molecule has 3 heteroatoms. The van der Waals surface area contributed by atoms with Crippen molar-refractivity contribution in [1.29, 1.82) is 0 Å². The first-order valence-electron chi connectivity index (χ1n) is 6.76. The van der Waals surface area contributed by atoms with Crippen LogP contribution in [-0.2, 0) is 0 Å². The molecule has 0 radical (unpaired) electrons. The first-order chi connectivity index (χ1) is 9.08. The predicted octanol–water partition coefficient (Wildman–Crippen LogP) is 4.00. The molecule has 1 heterocycles. The molecule has 1 aromatic carbocycles. The largest absolute Gasteiger partial charge is 0.366 e. The van der Waals surface area contributed by atoms with E-state index in [-0.39, 0.29) is 0 Å². The maximum atomic E-state index is 11.3. The van der Waals surface area contributed by atoms with Gasteiger partial charge in [0.1, 0.15) is 0 Å². The molecule has 0 aliphatic rings. The summed E-state index contributed by atoms with van der Waals surface area (Å²) in [5, 5.41) is 0.827. The van der Waals surface area contributed by atoms with E-state index in [0.717, 1.165) is 22.2 Å². The van der Waals surface area contributed by atoms with E-state index in [4.69, 9.17) is 5.73 Å². The van der Waals surface area contributed by atoms with Gasteiger partial charge >= 0.3 is 0 Å². The van der Waals surface area contributed by atoms with E-state index in [1.807, 2.05) is 59.7 Å². The van der Waals surface area contributed by atoms with Crippen LogP contribution in [0.15, 0.2) is 24.3 Å². The predicted molar refractivity (Wildman–Crippen MR) is 82.4 cm³/mol. The second-order valence-corrected chi connectivity index (χ2v) is 3.70. The van der Waals surface area contributed by atoms with Crippen molar-refractivity contribution in [3.63, 3.8) is 0 Å². The van der Waals surface area contributed by atoms with Gasteiger partial charge in [-0.2, -0.15) is 0 Å². The summed E-state index contributed by atoms with van der Waals surface area (Å²) in [6.07, 6.45) is 0. The van der Waals surface area contributed by atoms with E-state index in [2.05, 4.69) is 4.98 Å². The van der Waals surface area contributed by atoms with Gasteiger partial charge in [0.05, 0.1) is 11.1 Å². The third-order valence-electron chi connectivity index (χ3n) is 2.36. The molecule has 0 bridgehead atoms. The summed E-state index contributed by atoms with van der Waals surface area (Å²) >= 11 is 0. The topological polar surface area (TPSA) is 56.0 Å². The van der Waals surface area contributed by atoms with Gasteiger partial charge in [-0.3, -0.25) is 9.78 Å². The van der Waals surface area contributed by atoms with Crippen molar-refractivity contribution in [1.82, 2.24) is 4.98 Å². The van der Waals surface area contributed by atoms with E-state index in [0.29, 0.717) is 5.56 Å². The van der Waals surface area contributed by atoms with Crippen LogP contribution in [0.5, 0.6) is 0 Å². The molecule has 0 aliphatic heterocycles. The first-order valence-corrected chi connectivity index (χ1v) is 6.76. The van der Waals surface area contributed by atoms with Crippen LogP contribution in [0.4, 0.5) is 0 Å². The minimum absolute atomic E-state index is 0.406. The molecule has 2 N–H and O–H groups in total. The maximum Gasteiger partial charge on any atom is 0.249 e. The van der Waals surface area contributed by atoms with Gasteiger partial charge in [-0.15, -0.1) is 0 Å². The number of primary amides is 1. The van der Waals surface area contributed by atoms with Crippen molar-refractivity contribution in [3.05, 3.63) is 41.1 Å². The Labute approximate surface area is 115 Å². The molecule has 2 rings (SSSR count). The fourth-order valence-corrected chi connectivity index (χ4v) is 1.68. The highest BCUT2D eigenvalue weighted by atomic mass is 16.1. The van der Waals surface area contributed by atoms with E-state index in [1.54, 1.807) is 6.07 Å². The highest BCUT2D eigenvalue weighted by molar-refractivity contribution is 6.05. The summed E-state index contributed by atoms with van der Waals surface area (Å²) in [7, 11) is 0. The fourth-order valence-electron chi connectivity index (χ4n) is 1.68. The normalized spacial score (nSPS) is 8.95. The first kappa shape index (κ1) is 17.1. The SMILES string of the molecule is CC.CC.Cc1ccc2nc(C)cc(C(N)=O)c2c1. The lowest BCUT2D eigenvalue weighted by Crippen LogP contribution is -2.12. The molecular formula is C16H24N2O. The highest BCUT2D eigenvalue weighted by Gasteiger charge is 2.08. The quantitative estimate of drug-likeness (QED) is 0.842. The number of aromatic nitrogens is 1. The number of nitrogens with zero attached hydrogens (tertiary/aromatic N) is 1. The number of benzene rings is 1. The minimum Gasteiger partial charge on any atom is -0.366 e. The average molecular weight is 260 g/mol. The van der Waals surface area contributed by atoms with E-state index in [9.17, 15) is 4.79 Å². The van der Waals surface area contributed by atoms with Gasteiger partial charge in [0.25, 0.3) is 0 Å². The van der Waals surface area contributed by atoms with Crippen LogP contribution in [0.25, 0.3) is 10.9 Å². The van der Waals surface area contributed by atoms with Crippen LogP contribution in [0.2, 0.25) is 0 Å². The number of amides is 1. The summed E-state index contributed by atoms with van der Waals surface area (Å²) in [6.45, 7) is 11.8. The van der Waals surface area contributed by atoms with E-state index >= 15 is 0 Å². The Kier molecular flexibility index (Phi) is 7.42. The number of hydrogen-bond acceptors (Lipinski definition) is 2. The number of carbonyl (C=O) groups is 1. The molecule has 19 heavy (non-hydrogen) atoms. The van der Waals surface area contributed by atoms with Crippen molar-refractivity contribution in [3.8, 4) is 0 Å². The van der Waals surface area contributed by atoms with E-state index < -0.39 is 5.91 Å². The van der Waals surface area contributed by atoms with E-state index in [1.165, 1.54) is 0 Å². The van der Waals surface area contributed by atoms with Gasteiger partial charge in [-0.25, -0.2) is 0 Å². The standard InChI is InChI=1S/C12H12N2O.2C2H6/c1-7-3-4-11-9(5-7)10(12(13)15)6-8(2)14-11;2*1-2/h3-6H,1-2H3,(H2,13,15);2*1-2H3. The number of carbonyl (C=O) groups excluding carboxylic acids is 1. The van der Waals surface area contributed by atoms with Crippen LogP contribution in [0.1, 0.15) is 49.3 Å². The number of pyridine rings is 1. The molecule has 0 spiro atoms. The molecule has 1 aromatic heterocycles. The highest BCUT2D eigenvalue weighted by Crippen LogP contribution is 2.19. The van der Waals surface area contributed by atoms with Crippen molar-refractivity contribution in [2.75, 3.05) is 0 Å². The smallest absolute Gasteiger partial charge is 0.249 e. The van der Waals surface area contributed by atoms with Crippen LogP contribution in [0, 0.1) is 13.8 Å². The summed E-state index contributed by atoms with van der Waals surface area (Å²) in [5.74, 6) is -0.406. The molecule has 0 aliphatic carbocycles. The Morgan fingerprint density at radius 1 is 1.05 bits per heavy atom. The van der Waals surface area contributed by atoms with Crippen molar-refractivity contribution in [2.24, 2.45) is 5.73 Å². The summed E-state index contributed by atoms with van der Waals surface area (Å²) in [4.78, 5) is 15.6. The van der Waals surface area contributed by atoms with Crippen LogP contribution < -0.4 is 5.73 Å². The summed E-state index contributed by atoms with van der Waals surface area (Å²) < 4.78 is 0. The lowest BCUT2D eigenvalue weighted by atomic mass is 10.1. The number of aryl methyl sites for hydroxylation is 2. The monoisotopic (exact) mass is 260 g/mol. The molecule has 0 fully saturated rings. The van der Waals surface area contributed by atoms with Crippen molar-refractivity contribution >= 4 is 16.8 Å². The molecule has 0 saturated heterocycles.